The number of thiophene rings is 1. The van der Waals surface area contributed by atoms with E-state index in [9.17, 15) is 8.42 Å². The molecule has 0 saturated carbocycles. The molecule has 102 valence electrons. The van der Waals surface area contributed by atoms with Gasteiger partial charge in [0, 0.05) is 17.6 Å². The molecule has 2 aromatic rings. The third kappa shape index (κ3) is 3.12. The second-order valence-corrected chi connectivity index (χ2v) is 6.61. The van der Waals surface area contributed by atoms with E-state index in [1.807, 2.05) is 5.38 Å². The summed E-state index contributed by atoms with van der Waals surface area (Å²) >= 11 is 1.44. The fourth-order valence-electron chi connectivity index (χ4n) is 1.74. The van der Waals surface area contributed by atoms with Gasteiger partial charge in [-0.3, -0.25) is 4.72 Å². The molecule has 0 aromatic carbocycles. The van der Waals surface area contributed by atoms with Crippen LogP contribution in [0, 0.1) is 6.92 Å². The molecule has 2 rings (SSSR count). The van der Waals surface area contributed by atoms with Gasteiger partial charge in [-0.05, 0) is 37.0 Å². The Morgan fingerprint density at radius 1 is 1.37 bits per heavy atom. The van der Waals surface area contributed by atoms with Crippen LogP contribution >= 0.6 is 11.3 Å². The maximum absolute atomic E-state index is 12.4. The molecule has 0 aliphatic rings. The first-order valence-corrected chi connectivity index (χ1v) is 8.06. The lowest BCUT2D eigenvalue weighted by Crippen LogP contribution is -2.17. The van der Waals surface area contributed by atoms with Crippen molar-refractivity contribution in [2.24, 2.45) is 0 Å². The van der Waals surface area contributed by atoms with E-state index < -0.39 is 10.0 Å². The highest BCUT2D eigenvalue weighted by molar-refractivity contribution is 7.93. The average molecular weight is 297 g/mol. The van der Waals surface area contributed by atoms with Crippen LogP contribution in [0.4, 0.5) is 5.82 Å². The number of nitrogens with zero attached hydrogens (tertiary/aromatic N) is 1. The molecule has 0 bridgehead atoms. The van der Waals surface area contributed by atoms with Crippen molar-refractivity contribution in [3.8, 4) is 0 Å². The van der Waals surface area contributed by atoms with E-state index in [1.165, 1.54) is 11.3 Å². The molecule has 0 aliphatic carbocycles. The predicted octanol–water partition coefficient (Wildman–Crippen LogP) is 1.97. The lowest BCUT2D eigenvalue weighted by molar-refractivity contribution is 0.599. The van der Waals surface area contributed by atoms with Crippen LogP contribution in [0.2, 0.25) is 0 Å². The molecule has 2 N–H and O–H groups in total. The van der Waals surface area contributed by atoms with Gasteiger partial charge in [0.1, 0.15) is 10.7 Å². The van der Waals surface area contributed by atoms with Crippen LogP contribution < -0.4 is 10.0 Å². The highest BCUT2D eigenvalue weighted by atomic mass is 32.2. The zero-order chi connectivity index (χ0) is 13.9. The standard InChI is InChI=1S/C12H15N3O2S2/c1-9-8-18-10(7-13-2)12(9)19(16,17)15-11-5-3-4-6-14-11/h3-6,8,13H,7H2,1-2H3,(H,14,15). The maximum Gasteiger partial charge on any atom is 0.264 e. The lowest BCUT2D eigenvalue weighted by Gasteiger charge is -2.09. The minimum absolute atomic E-state index is 0.323. The van der Waals surface area contributed by atoms with Crippen molar-refractivity contribution in [2.45, 2.75) is 18.4 Å². The van der Waals surface area contributed by atoms with Crippen molar-refractivity contribution >= 4 is 27.2 Å². The van der Waals surface area contributed by atoms with Crippen LogP contribution in [0.15, 0.2) is 34.7 Å². The number of pyridine rings is 1. The van der Waals surface area contributed by atoms with Crippen LogP contribution in [0.25, 0.3) is 0 Å². The Labute approximate surface area is 116 Å². The Morgan fingerprint density at radius 2 is 2.16 bits per heavy atom. The van der Waals surface area contributed by atoms with Crippen molar-refractivity contribution in [3.05, 3.63) is 40.2 Å². The van der Waals surface area contributed by atoms with E-state index in [0.29, 0.717) is 17.3 Å². The molecule has 0 atom stereocenters. The van der Waals surface area contributed by atoms with Gasteiger partial charge in [-0.1, -0.05) is 6.07 Å². The van der Waals surface area contributed by atoms with E-state index in [4.69, 9.17) is 0 Å². The van der Waals surface area contributed by atoms with Gasteiger partial charge in [0.15, 0.2) is 0 Å². The van der Waals surface area contributed by atoms with Gasteiger partial charge in [-0.15, -0.1) is 11.3 Å². The predicted molar refractivity (Wildman–Crippen MR) is 76.9 cm³/mol. The number of hydrogen-bond donors (Lipinski definition) is 2. The summed E-state index contributed by atoms with van der Waals surface area (Å²) in [7, 11) is -1.81. The summed E-state index contributed by atoms with van der Waals surface area (Å²) in [6.45, 7) is 2.32. The molecular weight excluding hydrogens is 282 g/mol. The summed E-state index contributed by atoms with van der Waals surface area (Å²) < 4.78 is 27.3. The molecular formula is C12H15N3O2S2. The molecule has 19 heavy (non-hydrogen) atoms. The monoisotopic (exact) mass is 297 g/mol. The Balaban J connectivity index is 2.37. The molecule has 0 amide bonds. The third-order valence-electron chi connectivity index (χ3n) is 2.50. The first-order valence-electron chi connectivity index (χ1n) is 5.70. The zero-order valence-electron chi connectivity index (χ0n) is 10.7. The highest BCUT2D eigenvalue weighted by Crippen LogP contribution is 2.28. The van der Waals surface area contributed by atoms with Gasteiger partial charge in [-0.2, -0.15) is 0 Å². The van der Waals surface area contributed by atoms with E-state index in [1.54, 1.807) is 38.4 Å². The Morgan fingerprint density at radius 3 is 2.79 bits per heavy atom. The SMILES string of the molecule is CNCc1scc(C)c1S(=O)(=O)Nc1ccccn1. The Hall–Kier alpha value is -1.44. The largest absolute Gasteiger partial charge is 0.315 e. The number of aryl methyl sites for hydroxylation is 1. The fourth-order valence-corrected chi connectivity index (χ4v) is 4.58. The van der Waals surface area contributed by atoms with Crippen molar-refractivity contribution in [2.75, 3.05) is 11.8 Å². The third-order valence-corrected chi connectivity index (χ3v) is 5.32. The molecule has 2 aromatic heterocycles. The van der Waals surface area contributed by atoms with E-state index in [-0.39, 0.29) is 0 Å². The molecule has 0 saturated heterocycles. The average Bonchev–Trinajstić information content (AvgIpc) is 2.72. The van der Waals surface area contributed by atoms with Crippen molar-refractivity contribution in [1.82, 2.24) is 10.3 Å². The molecule has 0 fully saturated rings. The number of aromatic nitrogens is 1. The maximum atomic E-state index is 12.4. The second-order valence-electron chi connectivity index (χ2n) is 4.02. The van der Waals surface area contributed by atoms with Gasteiger partial charge in [-0.25, -0.2) is 13.4 Å². The molecule has 0 aliphatic heterocycles. The summed E-state index contributed by atoms with van der Waals surface area (Å²) in [6.07, 6.45) is 1.55. The van der Waals surface area contributed by atoms with E-state index >= 15 is 0 Å². The van der Waals surface area contributed by atoms with Gasteiger partial charge in [0.05, 0.1) is 0 Å². The minimum atomic E-state index is -3.60. The lowest BCUT2D eigenvalue weighted by atomic mass is 10.3. The summed E-state index contributed by atoms with van der Waals surface area (Å²) in [5.41, 5.74) is 0.749. The van der Waals surface area contributed by atoms with Crippen molar-refractivity contribution in [1.29, 1.82) is 0 Å². The fraction of sp³-hybridized carbons (Fsp3) is 0.250. The smallest absolute Gasteiger partial charge is 0.264 e. The Kier molecular flexibility index (Phi) is 4.18. The molecule has 0 spiro atoms. The van der Waals surface area contributed by atoms with Gasteiger partial charge < -0.3 is 5.32 Å². The quantitative estimate of drug-likeness (QED) is 0.885. The number of rotatable bonds is 5. The van der Waals surface area contributed by atoms with Gasteiger partial charge in [0.25, 0.3) is 10.0 Å². The van der Waals surface area contributed by atoms with Crippen LogP contribution in [-0.2, 0) is 16.6 Å². The molecule has 7 heteroatoms. The summed E-state index contributed by atoms with van der Waals surface area (Å²) in [6, 6.07) is 5.09. The number of nitrogens with one attached hydrogen (secondary N) is 2. The molecule has 0 radical (unpaired) electrons. The molecule has 0 unspecified atom stereocenters. The number of anilines is 1. The van der Waals surface area contributed by atoms with Crippen LogP contribution in [0.1, 0.15) is 10.4 Å². The van der Waals surface area contributed by atoms with Gasteiger partial charge >= 0.3 is 0 Å². The normalized spacial score (nSPS) is 11.5. The first-order chi connectivity index (χ1) is 9.04. The molecule has 5 nitrogen and oxygen atoms in total. The van der Waals surface area contributed by atoms with Gasteiger partial charge in [0.2, 0.25) is 0 Å². The number of sulfonamides is 1. The summed E-state index contributed by atoms with van der Waals surface area (Å²) in [5, 5.41) is 4.82. The summed E-state index contributed by atoms with van der Waals surface area (Å²) in [5.74, 6) is 0.323. The number of hydrogen-bond acceptors (Lipinski definition) is 5. The van der Waals surface area contributed by atoms with Crippen LogP contribution in [0.3, 0.4) is 0 Å². The van der Waals surface area contributed by atoms with Crippen molar-refractivity contribution < 1.29 is 8.42 Å². The summed E-state index contributed by atoms with van der Waals surface area (Å²) in [4.78, 5) is 5.12. The van der Waals surface area contributed by atoms with E-state index in [0.717, 1.165) is 10.4 Å². The Bertz CT molecular complexity index is 651. The second kappa shape index (κ2) is 5.68. The van der Waals surface area contributed by atoms with Crippen LogP contribution in [-0.4, -0.2) is 20.4 Å². The topological polar surface area (TPSA) is 71.1 Å². The zero-order valence-corrected chi connectivity index (χ0v) is 12.3. The minimum Gasteiger partial charge on any atom is -0.315 e. The highest BCUT2D eigenvalue weighted by Gasteiger charge is 2.23. The van der Waals surface area contributed by atoms with Crippen molar-refractivity contribution in [3.63, 3.8) is 0 Å². The van der Waals surface area contributed by atoms with Crippen LogP contribution in [0.5, 0.6) is 0 Å². The molecule has 2 heterocycles. The van der Waals surface area contributed by atoms with E-state index in [2.05, 4.69) is 15.0 Å². The first kappa shape index (κ1) is 14.0.